The Morgan fingerprint density at radius 2 is 1.97 bits per heavy atom. The van der Waals surface area contributed by atoms with Gasteiger partial charge in [0, 0.05) is 38.0 Å². The number of benzene rings is 1. The fourth-order valence-electron chi connectivity index (χ4n) is 3.23. The number of nitrogens with one attached hydrogen (secondary N) is 1. The Morgan fingerprint density at radius 1 is 1.28 bits per heavy atom. The summed E-state index contributed by atoms with van der Waals surface area (Å²) < 4.78 is 28.0. The first-order valence-corrected chi connectivity index (χ1v) is 8.92. The highest BCUT2D eigenvalue weighted by molar-refractivity contribution is 5.99. The van der Waals surface area contributed by atoms with Gasteiger partial charge in [-0.25, -0.2) is 8.78 Å². The second-order valence-electron chi connectivity index (χ2n) is 6.63. The van der Waals surface area contributed by atoms with Gasteiger partial charge in [-0.1, -0.05) is 6.07 Å². The second-order valence-corrected chi connectivity index (χ2v) is 6.63. The third kappa shape index (κ3) is 3.41. The van der Waals surface area contributed by atoms with Gasteiger partial charge < -0.3 is 15.3 Å². The summed E-state index contributed by atoms with van der Waals surface area (Å²) in [6.45, 7) is 3.60. The highest BCUT2D eigenvalue weighted by atomic mass is 19.1. The summed E-state index contributed by atoms with van der Waals surface area (Å²) in [5, 5.41) is 14.3. The Balaban J connectivity index is 1.95. The molecule has 2 heterocycles. The van der Waals surface area contributed by atoms with E-state index in [-0.39, 0.29) is 24.0 Å². The SMILES string of the molecule is CCN1C(=O)c2c(O)c(=O)c(C(=O)NCc3ccc(F)cc3F)cn2N(C)[C@H]1C. The lowest BCUT2D eigenvalue weighted by Gasteiger charge is -2.42. The predicted molar refractivity (Wildman–Crippen MR) is 100 cm³/mol. The smallest absolute Gasteiger partial charge is 0.278 e. The van der Waals surface area contributed by atoms with Crippen molar-refractivity contribution < 1.29 is 23.5 Å². The quantitative estimate of drug-likeness (QED) is 0.795. The Kier molecular flexibility index (Phi) is 5.27. The number of hydrogen-bond donors (Lipinski definition) is 2. The van der Waals surface area contributed by atoms with Gasteiger partial charge in [0.05, 0.1) is 0 Å². The van der Waals surface area contributed by atoms with Crippen LogP contribution in [0.15, 0.2) is 29.2 Å². The van der Waals surface area contributed by atoms with E-state index >= 15 is 0 Å². The molecule has 1 atom stereocenters. The molecule has 1 aliphatic heterocycles. The van der Waals surface area contributed by atoms with Gasteiger partial charge in [0.15, 0.2) is 11.4 Å². The van der Waals surface area contributed by atoms with Crippen molar-refractivity contribution in [2.75, 3.05) is 18.6 Å². The van der Waals surface area contributed by atoms with Crippen LogP contribution in [-0.2, 0) is 6.54 Å². The number of pyridine rings is 1. The minimum Gasteiger partial charge on any atom is -0.502 e. The molecular weight excluding hydrogens is 386 g/mol. The molecule has 29 heavy (non-hydrogen) atoms. The molecule has 2 amide bonds. The van der Waals surface area contributed by atoms with Gasteiger partial charge in [0.25, 0.3) is 11.8 Å². The van der Waals surface area contributed by atoms with Crippen molar-refractivity contribution in [1.82, 2.24) is 14.9 Å². The molecule has 1 aromatic carbocycles. The van der Waals surface area contributed by atoms with Crippen LogP contribution in [0.5, 0.6) is 5.75 Å². The lowest BCUT2D eigenvalue weighted by atomic mass is 10.1. The lowest BCUT2D eigenvalue weighted by molar-refractivity contribution is 0.0612. The molecular formula is C19H20F2N4O4. The zero-order valence-electron chi connectivity index (χ0n) is 16.1. The van der Waals surface area contributed by atoms with E-state index in [0.717, 1.165) is 12.3 Å². The summed E-state index contributed by atoms with van der Waals surface area (Å²) in [4.78, 5) is 39.1. The Morgan fingerprint density at radius 3 is 2.59 bits per heavy atom. The number of nitrogens with zero attached hydrogens (tertiary/aromatic N) is 3. The topological polar surface area (TPSA) is 94.9 Å². The number of carbonyl (C=O) groups excluding carboxylic acids is 2. The van der Waals surface area contributed by atoms with E-state index in [0.29, 0.717) is 12.6 Å². The van der Waals surface area contributed by atoms with E-state index in [9.17, 15) is 28.3 Å². The second kappa shape index (κ2) is 7.53. The molecule has 0 spiro atoms. The van der Waals surface area contributed by atoms with E-state index in [1.165, 1.54) is 15.6 Å². The molecule has 3 rings (SSSR count). The van der Waals surface area contributed by atoms with Crippen molar-refractivity contribution in [1.29, 1.82) is 0 Å². The summed E-state index contributed by atoms with van der Waals surface area (Å²) in [7, 11) is 1.64. The van der Waals surface area contributed by atoms with Crippen molar-refractivity contribution in [3.63, 3.8) is 0 Å². The number of hydrogen-bond acceptors (Lipinski definition) is 5. The first-order chi connectivity index (χ1) is 13.7. The molecule has 0 fully saturated rings. The molecule has 8 nitrogen and oxygen atoms in total. The summed E-state index contributed by atoms with van der Waals surface area (Å²) in [5.41, 5.74) is -1.63. The summed E-state index contributed by atoms with van der Waals surface area (Å²) in [5.74, 6) is -3.83. The number of carbonyl (C=O) groups is 2. The molecule has 154 valence electrons. The molecule has 10 heteroatoms. The zero-order chi connectivity index (χ0) is 21.5. The number of amides is 2. The summed E-state index contributed by atoms with van der Waals surface area (Å²) in [6, 6.07) is 2.91. The van der Waals surface area contributed by atoms with Crippen molar-refractivity contribution in [2.24, 2.45) is 0 Å². The molecule has 0 bridgehead atoms. The van der Waals surface area contributed by atoms with Crippen molar-refractivity contribution in [3.05, 3.63) is 63.1 Å². The minimum absolute atomic E-state index is 0.0292. The van der Waals surface area contributed by atoms with Crippen LogP contribution in [0.25, 0.3) is 0 Å². The van der Waals surface area contributed by atoms with Crippen molar-refractivity contribution >= 4 is 11.8 Å². The van der Waals surface area contributed by atoms with E-state index in [1.807, 2.05) is 0 Å². The largest absolute Gasteiger partial charge is 0.502 e. The Bertz CT molecular complexity index is 1050. The van der Waals surface area contributed by atoms with Gasteiger partial charge in [-0.05, 0) is 19.9 Å². The molecule has 2 N–H and O–H groups in total. The lowest BCUT2D eigenvalue weighted by Crippen LogP contribution is -2.58. The van der Waals surface area contributed by atoms with E-state index in [2.05, 4.69) is 5.32 Å². The average molecular weight is 406 g/mol. The minimum atomic E-state index is -1.01. The van der Waals surface area contributed by atoms with Crippen LogP contribution in [0.2, 0.25) is 0 Å². The van der Waals surface area contributed by atoms with E-state index in [1.54, 1.807) is 25.9 Å². The molecule has 1 aliphatic rings. The standard InChI is InChI=1S/C19H20F2N4O4/c1-4-24-10(2)23(3)25-9-13(16(26)17(27)15(25)19(24)29)18(28)22-8-11-5-6-12(20)7-14(11)21/h5-7,9-10,27H,4,8H2,1-3H3,(H,22,28)/t10-/m1/s1. The maximum absolute atomic E-state index is 13.7. The molecule has 1 aromatic heterocycles. The van der Waals surface area contributed by atoms with Gasteiger partial charge in [0.1, 0.15) is 23.4 Å². The Hall–Kier alpha value is -3.43. The Labute approximate surface area is 164 Å². The van der Waals surface area contributed by atoms with E-state index in [4.69, 9.17) is 0 Å². The van der Waals surface area contributed by atoms with Crippen molar-refractivity contribution in [3.8, 4) is 5.75 Å². The first-order valence-electron chi connectivity index (χ1n) is 8.92. The van der Waals surface area contributed by atoms with Gasteiger partial charge in [-0.15, -0.1) is 0 Å². The van der Waals surface area contributed by atoms with Gasteiger partial charge >= 0.3 is 0 Å². The van der Waals surface area contributed by atoms with Crippen LogP contribution in [0.1, 0.15) is 40.3 Å². The zero-order valence-corrected chi connectivity index (χ0v) is 16.1. The van der Waals surface area contributed by atoms with Gasteiger partial charge in [-0.2, -0.15) is 0 Å². The fourth-order valence-corrected chi connectivity index (χ4v) is 3.23. The highest BCUT2D eigenvalue weighted by Crippen LogP contribution is 2.23. The summed E-state index contributed by atoms with van der Waals surface area (Å²) in [6.07, 6.45) is 0.779. The molecule has 0 aliphatic carbocycles. The van der Waals surface area contributed by atoms with Crippen LogP contribution < -0.4 is 15.8 Å². The van der Waals surface area contributed by atoms with Crippen LogP contribution in [0, 0.1) is 11.6 Å². The molecule has 0 saturated carbocycles. The number of halogens is 2. The van der Waals surface area contributed by atoms with Crippen molar-refractivity contribution in [2.45, 2.75) is 26.6 Å². The van der Waals surface area contributed by atoms with Crippen LogP contribution in [0.4, 0.5) is 8.78 Å². The maximum Gasteiger partial charge on any atom is 0.278 e. The fraction of sp³-hybridized carbons (Fsp3) is 0.316. The molecule has 0 unspecified atom stereocenters. The van der Waals surface area contributed by atoms with Gasteiger partial charge in [0.2, 0.25) is 5.43 Å². The molecule has 0 radical (unpaired) electrons. The highest BCUT2D eigenvalue weighted by Gasteiger charge is 2.36. The normalized spacial score (nSPS) is 16.0. The monoisotopic (exact) mass is 406 g/mol. The van der Waals surface area contributed by atoms with Crippen LogP contribution in [-0.4, -0.2) is 46.3 Å². The summed E-state index contributed by atoms with van der Waals surface area (Å²) >= 11 is 0. The molecule has 0 saturated heterocycles. The number of aromatic nitrogens is 1. The van der Waals surface area contributed by atoms with E-state index < -0.39 is 40.2 Å². The number of aromatic hydroxyl groups is 1. The van der Waals surface area contributed by atoms with Crippen LogP contribution in [0.3, 0.4) is 0 Å². The average Bonchev–Trinajstić information content (AvgIpc) is 2.67. The molecule has 2 aromatic rings. The first kappa shape index (κ1) is 20.3. The predicted octanol–water partition coefficient (Wildman–Crippen LogP) is 1.15. The number of fused-ring (bicyclic) bond motifs is 1. The maximum atomic E-state index is 13.7. The third-order valence-electron chi connectivity index (χ3n) is 5.00. The number of rotatable bonds is 4. The third-order valence-corrected chi connectivity index (χ3v) is 5.00. The van der Waals surface area contributed by atoms with Crippen LogP contribution >= 0.6 is 0 Å². The van der Waals surface area contributed by atoms with Gasteiger partial charge in [-0.3, -0.25) is 24.1 Å².